The molecule has 1 aromatic rings. The Morgan fingerprint density at radius 1 is 1.29 bits per heavy atom. The van der Waals surface area contributed by atoms with Gasteiger partial charge in [-0.05, 0) is 20.8 Å². The van der Waals surface area contributed by atoms with E-state index in [2.05, 4.69) is 15.3 Å². The number of guanidine groups is 1. The Hall–Kier alpha value is -1.30. The van der Waals surface area contributed by atoms with Gasteiger partial charge in [-0.3, -0.25) is 14.9 Å². The van der Waals surface area contributed by atoms with E-state index in [4.69, 9.17) is 4.74 Å². The molecule has 6 nitrogen and oxygen atoms in total. The molecule has 0 radical (unpaired) electrons. The number of aliphatic imine (C=N–C) groups is 1. The summed E-state index contributed by atoms with van der Waals surface area (Å²) in [5.74, 6) is 1.47. The van der Waals surface area contributed by atoms with Gasteiger partial charge >= 0.3 is 6.18 Å². The summed E-state index contributed by atoms with van der Waals surface area (Å²) in [4.78, 5) is 12.1. The number of hydrogen-bond donors (Lipinski definition) is 1. The summed E-state index contributed by atoms with van der Waals surface area (Å²) in [6, 6.07) is -1.43. The van der Waals surface area contributed by atoms with Crippen molar-refractivity contribution in [2.75, 3.05) is 40.3 Å². The van der Waals surface area contributed by atoms with Crippen molar-refractivity contribution in [3.8, 4) is 5.75 Å². The molecule has 2 heterocycles. The Labute approximate surface area is 181 Å². The van der Waals surface area contributed by atoms with Crippen LogP contribution in [0.25, 0.3) is 0 Å². The van der Waals surface area contributed by atoms with Gasteiger partial charge in [0.25, 0.3) is 0 Å². The van der Waals surface area contributed by atoms with Gasteiger partial charge in [-0.2, -0.15) is 13.2 Å². The normalized spacial score (nSPS) is 17.1. The van der Waals surface area contributed by atoms with Crippen LogP contribution >= 0.6 is 24.0 Å². The lowest BCUT2D eigenvalue weighted by molar-refractivity contribution is -0.181. The first-order valence-electron chi connectivity index (χ1n) is 8.94. The number of ether oxygens (including phenoxy) is 1. The van der Waals surface area contributed by atoms with Gasteiger partial charge in [0.2, 0.25) is 0 Å². The number of aromatic nitrogens is 1. The molecular formula is C18H29F3IN5O. The molecule has 1 aliphatic heterocycles. The van der Waals surface area contributed by atoms with Crippen molar-refractivity contribution in [1.29, 1.82) is 0 Å². The lowest BCUT2D eigenvalue weighted by atomic mass is 10.1. The van der Waals surface area contributed by atoms with Gasteiger partial charge in [-0.15, -0.1) is 24.0 Å². The molecule has 0 aromatic carbocycles. The fourth-order valence-corrected chi connectivity index (χ4v) is 3.27. The van der Waals surface area contributed by atoms with Crippen molar-refractivity contribution >= 4 is 29.9 Å². The third kappa shape index (κ3) is 5.85. The summed E-state index contributed by atoms with van der Waals surface area (Å²) in [6.07, 6.45) is -2.43. The van der Waals surface area contributed by atoms with E-state index in [-0.39, 0.29) is 24.0 Å². The minimum Gasteiger partial charge on any atom is -0.496 e. The van der Waals surface area contributed by atoms with Crippen LogP contribution < -0.4 is 10.1 Å². The van der Waals surface area contributed by atoms with E-state index >= 15 is 0 Å². The average molecular weight is 515 g/mol. The molecule has 1 fully saturated rings. The Kier molecular flexibility index (Phi) is 9.25. The molecule has 0 aliphatic carbocycles. The summed E-state index contributed by atoms with van der Waals surface area (Å²) < 4.78 is 44.1. The van der Waals surface area contributed by atoms with Gasteiger partial charge in [0.05, 0.1) is 19.3 Å². The third-order valence-electron chi connectivity index (χ3n) is 5.01. The zero-order valence-corrected chi connectivity index (χ0v) is 19.3. The number of rotatable bonds is 4. The van der Waals surface area contributed by atoms with Crippen LogP contribution in [0.3, 0.4) is 0 Å². The van der Waals surface area contributed by atoms with E-state index in [0.29, 0.717) is 38.7 Å². The van der Waals surface area contributed by atoms with E-state index < -0.39 is 12.2 Å². The van der Waals surface area contributed by atoms with Crippen LogP contribution in [0.4, 0.5) is 13.2 Å². The van der Waals surface area contributed by atoms with Crippen molar-refractivity contribution in [3.05, 3.63) is 23.0 Å². The minimum absolute atomic E-state index is 0. The third-order valence-corrected chi connectivity index (χ3v) is 5.01. The summed E-state index contributed by atoms with van der Waals surface area (Å²) >= 11 is 0. The zero-order chi connectivity index (χ0) is 20.2. The molecule has 160 valence electrons. The number of aryl methyl sites for hydroxylation is 1. The van der Waals surface area contributed by atoms with Crippen LogP contribution in [0, 0.1) is 13.8 Å². The molecule has 1 saturated heterocycles. The van der Waals surface area contributed by atoms with Crippen molar-refractivity contribution in [2.24, 2.45) is 4.99 Å². The first kappa shape index (κ1) is 24.7. The molecule has 0 bridgehead atoms. The highest BCUT2D eigenvalue weighted by atomic mass is 127. The lowest BCUT2D eigenvalue weighted by Gasteiger charge is -2.39. The fourth-order valence-electron chi connectivity index (χ4n) is 3.27. The van der Waals surface area contributed by atoms with Gasteiger partial charge in [-0.25, -0.2) is 0 Å². The number of pyridine rings is 1. The smallest absolute Gasteiger partial charge is 0.403 e. The molecule has 0 spiro atoms. The van der Waals surface area contributed by atoms with E-state index in [9.17, 15) is 13.2 Å². The molecule has 0 saturated carbocycles. The second kappa shape index (κ2) is 10.5. The SMILES string of the molecule is CN=C(NCc1ncc(C)c(OC)c1C)N1CCN(C(C)C(F)(F)F)CC1.I. The Morgan fingerprint density at radius 3 is 2.39 bits per heavy atom. The van der Waals surface area contributed by atoms with Crippen LogP contribution in [0.2, 0.25) is 0 Å². The molecule has 28 heavy (non-hydrogen) atoms. The van der Waals surface area contributed by atoms with Crippen LogP contribution in [0.1, 0.15) is 23.7 Å². The topological polar surface area (TPSA) is 53.0 Å². The first-order chi connectivity index (χ1) is 12.7. The largest absolute Gasteiger partial charge is 0.496 e. The Morgan fingerprint density at radius 2 is 1.89 bits per heavy atom. The lowest BCUT2D eigenvalue weighted by Crippen LogP contribution is -2.56. The maximum atomic E-state index is 12.9. The highest BCUT2D eigenvalue weighted by molar-refractivity contribution is 14.0. The van der Waals surface area contributed by atoms with Crippen LogP contribution in [-0.2, 0) is 6.54 Å². The number of nitrogens with zero attached hydrogens (tertiary/aromatic N) is 4. The maximum Gasteiger partial charge on any atom is 0.403 e. The van der Waals surface area contributed by atoms with Crippen molar-refractivity contribution < 1.29 is 17.9 Å². The Bertz CT molecular complexity index is 676. The second-order valence-corrected chi connectivity index (χ2v) is 6.69. The number of nitrogens with one attached hydrogen (secondary N) is 1. The van der Waals surface area contributed by atoms with Crippen molar-refractivity contribution in [2.45, 2.75) is 39.5 Å². The number of piperazine rings is 1. The van der Waals surface area contributed by atoms with Crippen LogP contribution in [-0.4, -0.2) is 73.3 Å². The minimum atomic E-state index is -4.20. The number of methoxy groups -OCH3 is 1. The van der Waals surface area contributed by atoms with Crippen LogP contribution in [0.5, 0.6) is 5.75 Å². The van der Waals surface area contributed by atoms with Gasteiger partial charge in [-0.1, -0.05) is 0 Å². The molecule has 1 unspecified atom stereocenters. The first-order valence-corrected chi connectivity index (χ1v) is 8.94. The summed E-state index contributed by atoms with van der Waals surface area (Å²) in [5.41, 5.74) is 2.78. The fraction of sp³-hybridized carbons (Fsp3) is 0.667. The second-order valence-electron chi connectivity index (χ2n) is 6.69. The van der Waals surface area contributed by atoms with Crippen molar-refractivity contribution in [3.63, 3.8) is 0 Å². The predicted molar refractivity (Wildman–Crippen MR) is 115 cm³/mol. The molecule has 10 heteroatoms. The van der Waals surface area contributed by atoms with Gasteiger partial charge in [0.15, 0.2) is 5.96 Å². The summed E-state index contributed by atoms with van der Waals surface area (Å²) in [5, 5.41) is 3.26. The number of alkyl halides is 3. The van der Waals surface area contributed by atoms with Crippen molar-refractivity contribution in [1.82, 2.24) is 20.1 Å². The molecule has 1 atom stereocenters. The maximum absolute atomic E-state index is 12.9. The number of halogens is 4. The standard InChI is InChI=1S/C18H28F3N5O.HI/c1-12-10-23-15(13(2)16(12)27-5)11-24-17(22-4)26-8-6-25(7-9-26)14(3)18(19,20)21;/h10,14H,6-9,11H2,1-5H3,(H,22,24);1H. The van der Waals surface area contributed by atoms with Gasteiger partial charge in [0.1, 0.15) is 11.8 Å². The Balaban J connectivity index is 0.00000392. The van der Waals surface area contributed by atoms with E-state index in [1.54, 1.807) is 20.4 Å². The molecule has 1 aliphatic rings. The molecule has 0 amide bonds. The number of hydrogen-bond acceptors (Lipinski definition) is 4. The van der Waals surface area contributed by atoms with Gasteiger partial charge < -0.3 is 15.0 Å². The van der Waals surface area contributed by atoms with Gasteiger partial charge in [0, 0.05) is 50.6 Å². The van der Waals surface area contributed by atoms with E-state index in [0.717, 1.165) is 22.6 Å². The molecule has 2 rings (SSSR count). The molecular weight excluding hydrogens is 486 g/mol. The predicted octanol–water partition coefficient (Wildman–Crippen LogP) is 2.97. The van der Waals surface area contributed by atoms with E-state index in [1.807, 2.05) is 18.7 Å². The van der Waals surface area contributed by atoms with Crippen LogP contribution in [0.15, 0.2) is 11.2 Å². The zero-order valence-electron chi connectivity index (χ0n) is 16.9. The summed E-state index contributed by atoms with van der Waals surface area (Å²) in [6.45, 7) is 7.24. The van der Waals surface area contributed by atoms with E-state index in [1.165, 1.54) is 11.8 Å². The molecule has 1 N–H and O–H groups in total. The summed E-state index contributed by atoms with van der Waals surface area (Å²) in [7, 11) is 3.30. The molecule has 1 aromatic heterocycles. The average Bonchev–Trinajstić information content (AvgIpc) is 2.63. The highest BCUT2D eigenvalue weighted by Crippen LogP contribution is 2.25. The quantitative estimate of drug-likeness (QED) is 0.380. The monoisotopic (exact) mass is 515 g/mol. The highest BCUT2D eigenvalue weighted by Gasteiger charge is 2.41.